The predicted molar refractivity (Wildman–Crippen MR) is 68.9 cm³/mol. The molecule has 0 fully saturated rings. The molecule has 5 nitrogen and oxygen atoms in total. The fraction of sp³-hybridized carbons (Fsp3) is 0.500. The number of sulfonamides is 1. The molecule has 0 aliphatic rings. The molecule has 6 heteroatoms. The molecule has 0 heterocycles. The summed E-state index contributed by atoms with van der Waals surface area (Å²) in [6, 6.07) is 5.40. The van der Waals surface area contributed by atoms with Crippen molar-refractivity contribution >= 4 is 10.0 Å². The minimum absolute atomic E-state index is 0.0243. The summed E-state index contributed by atoms with van der Waals surface area (Å²) in [6.07, 6.45) is 1.63. The third-order valence-electron chi connectivity index (χ3n) is 2.58. The quantitative estimate of drug-likeness (QED) is 0.782. The van der Waals surface area contributed by atoms with E-state index in [4.69, 9.17) is 10.2 Å². The second-order valence-electron chi connectivity index (χ2n) is 3.98. The van der Waals surface area contributed by atoms with Crippen molar-refractivity contribution in [1.29, 1.82) is 0 Å². The van der Waals surface area contributed by atoms with Crippen LogP contribution in [0.15, 0.2) is 29.2 Å². The van der Waals surface area contributed by atoms with Crippen LogP contribution >= 0.6 is 0 Å². The van der Waals surface area contributed by atoms with Gasteiger partial charge < -0.3 is 10.2 Å². The molecule has 2 N–H and O–H groups in total. The van der Waals surface area contributed by atoms with Gasteiger partial charge in [0.2, 0.25) is 10.0 Å². The number of aliphatic hydroxyl groups excluding tert-OH is 1. The standard InChI is InChI=1S/C12H19NO4S/c1-2-3-8-13(9-10-14)18(16,17)12-6-4-11(15)5-7-12/h4-7,14-15H,2-3,8-10H2,1H3. The smallest absolute Gasteiger partial charge is 0.243 e. The van der Waals surface area contributed by atoms with Crippen molar-refractivity contribution in [3.05, 3.63) is 24.3 Å². The summed E-state index contributed by atoms with van der Waals surface area (Å²) in [5.41, 5.74) is 0. The normalized spacial score (nSPS) is 11.9. The van der Waals surface area contributed by atoms with Gasteiger partial charge in [0, 0.05) is 13.1 Å². The average Bonchev–Trinajstić information content (AvgIpc) is 2.35. The van der Waals surface area contributed by atoms with Gasteiger partial charge in [-0.1, -0.05) is 13.3 Å². The first-order valence-electron chi connectivity index (χ1n) is 5.92. The molecule has 0 atom stereocenters. The highest BCUT2D eigenvalue weighted by Gasteiger charge is 2.23. The minimum Gasteiger partial charge on any atom is -0.508 e. The Bertz CT molecular complexity index is 455. The van der Waals surface area contributed by atoms with Gasteiger partial charge in [0.25, 0.3) is 0 Å². The fourth-order valence-electron chi connectivity index (χ4n) is 1.57. The average molecular weight is 273 g/mol. The van der Waals surface area contributed by atoms with E-state index in [9.17, 15) is 8.42 Å². The van der Waals surface area contributed by atoms with Crippen molar-refractivity contribution < 1.29 is 18.6 Å². The Hall–Kier alpha value is -1.11. The second kappa shape index (κ2) is 6.72. The molecule has 102 valence electrons. The van der Waals surface area contributed by atoms with E-state index in [-0.39, 0.29) is 23.8 Å². The van der Waals surface area contributed by atoms with Gasteiger partial charge in [-0.3, -0.25) is 0 Å². The van der Waals surface area contributed by atoms with E-state index in [2.05, 4.69) is 0 Å². The van der Waals surface area contributed by atoms with E-state index in [0.717, 1.165) is 12.8 Å². The molecule has 0 amide bonds. The third-order valence-corrected chi connectivity index (χ3v) is 4.50. The number of rotatable bonds is 7. The maximum Gasteiger partial charge on any atom is 0.243 e. The summed E-state index contributed by atoms with van der Waals surface area (Å²) in [6.45, 7) is 2.24. The second-order valence-corrected chi connectivity index (χ2v) is 5.91. The molecule has 0 saturated carbocycles. The molecular formula is C12H19NO4S. The fourth-order valence-corrected chi connectivity index (χ4v) is 3.03. The molecule has 0 radical (unpaired) electrons. The molecule has 18 heavy (non-hydrogen) atoms. The summed E-state index contributed by atoms with van der Waals surface area (Å²) in [4.78, 5) is 0.129. The number of hydrogen-bond donors (Lipinski definition) is 2. The van der Waals surface area contributed by atoms with Crippen LogP contribution in [0, 0.1) is 0 Å². The molecule has 0 bridgehead atoms. The molecule has 1 rings (SSSR count). The zero-order valence-corrected chi connectivity index (χ0v) is 11.2. The zero-order chi connectivity index (χ0) is 13.6. The van der Waals surface area contributed by atoms with Crippen molar-refractivity contribution in [3.63, 3.8) is 0 Å². The van der Waals surface area contributed by atoms with Gasteiger partial charge in [0.05, 0.1) is 11.5 Å². The number of hydrogen-bond acceptors (Lipinski definition) is 4. The predicted octanol–water partition coefficient (Wildman–Crippen LogP) is 1.18. The van der Waals surface area contributed by atoms with Crippen molar-refractivity contribution in [2.45, 2.75) is 24.7 Å². The van der Waals surface area contributed by atoms with E-state index in [0.29, 0.717) is 6.54 Å². The topological polar surface area (TPSA) is 77.8 Å². The largest absolute Gasteiger partial charge is 0.508 e. The van der Waals surface area contributed by atoms with E-state index < -0.39 is 10.0 Å². The highest BCUT2D eigenvalue weighted by molar-refractivity contribution is 7.89. The molecule has 0 spiro atoms. The van der Waals surface area contributed by atoms with Crippen molar-refractivity contribution in [3.8, 4) is 5.75 Å². The Morgan fingerprint density at radius 1 is 1.17 bits per heavy atom. The SMILES string of the molecule is CCCCN(CCO)S(=O)(=O)c1ccc(O)cc1. The van der Waals surface area contributed by atoms with Crippen LogP contribution in [-0.4, -0.2) is 42.6 Å². The summed E-state index contributed by atoms with van der Waals surface area (Å²) in [5.74, 6) is 0.0243. The number of nitrogens with zero attached hydrogens (tertiary/aromatic N) is 1. The Morgan fingerprint density at radius 3 is 2.28 bits per heavy atom. The maximum atomic E-state index is 12.3. The van der Waals surface area contributed by atoms with Crippen molar-refractivity contribution in [2.24, 2.45) is 0 Å². The molecule has 1 aromatic carbocycles. The lowest BCUT2D eigenvalue weighted by Crippen LogP contribution is -2.34. The van der Waals surface area contributed by atoms with Gasteiger partial charge in [-0.2, -0.15) is 4.31 Å². The van der Waals surface area contributed by atoms with Crippen LogP contribution in [0.1, 0.15) is 19.8 Å². The number of unbranched alkanes of at least 4 members (excludes halogenated alkanes) is 1. The molecule has 1 aromatic rings. The van der Waals surface area contributed by atoms with Gasteiger partial charge in [-0.15, -0.1) is 0 Å². The molecule has 0 aromatic heterocycles. The van der Waals surface area contributed by atoms with Gasteiger partial charge >= 0.3 is 0 Å². The van der Waals surface area contributed by atoms with Crippen molar-refractivity contribution in [1.82, 2.24) is 4.31 Å². The molecule has 0 aliphatic heterocycles. The first-order valence-corrected chi connectivity index (χ1v) is 7.36. The lowest BCUT2D eigenvalue weighted by atomic mass is 10.3. The van der Waals surface area contributed by atoms with E-state index >= 15 is 0 Å². The zero-order valence-electron chi connectivity index (χ0n) is 10.4. The summed E-state index contributed by atoms with van der Waals surface area (Å²) < 4.78 is 25.8. The van der Waals surface area contributed by atoms with E-state index in [1.807, 2.05) is 6.92 Å². The van der Waals surface area contributed by atoms with Gasteiger partial charge in [-0.25, -0.2) is 8.42 Å². The summed E-state index contributed by atoms with van der Waals surface area (Å²) in [5, 5.41) is 18.1. The van der Waals surface area contributed by atoms with Crippen LogP contribution in [0.3, 0.4) is 0 Å². The molecular weight excluding hydrogens is 254 g/mol. The molecule has 0 aliphatic carbocycles. The van der Waals surface area contributed by atoms with Crippen molar-refractivity contribution in [2.75, 3.05) is 19.7 Å². The van der Waals surface area contributed by atoms with E-state index in [1.54, 1.807) is 0 Å². The maximum absolute atomic E-state index is 12.3. The lowest BCUT2D eigenvalue weighted by Gasteiger charge is -2.21. The first-order chi connectivity index (χ1) is 8.52. The van der Waals surface area contributed by atoms with Crippen LogP contribution in [0.25, 0.3) is 0 Å². The Kier molecular flexibility index (Phi) is 5.58. The van der Waals surface area contributed by atoms with Crippen LogP contribution in [-0.2, 0) is 10.0 Å². The number of aliphatic hydroxyl groups is 1. The van der Waals surface area contributed by atoms with Crippen LogP contribution < -0.4 is 0 Å². The third kappa shape index (κ3) is 3.69. The highest BCUT2D eigenvalue weighted by Crippen LogP contribution is 2.19. The minimum atomic E-state index is -3.59. The number of phenols is 1. The Labute approximate surface area is 108 Å². The molecule has 0 unspecified atom stereocenters. The van der Waals surface area contributed by atoms with Gasteiger partial charge in [0.15, 0.2) is 0 Å². The lowest BCUT2D eigenvalue weighted by molar-refractivity contribution is 0.252. The van der Waals surface area contributed by atoms with E-state index in [1.165, 1.54) is 28.6 Å². The summed E-state index contributed by atoms with van der Waals surface area (Å²) in [7, 11) is -3.59. The highest BCUT2D eigenvalue weighted by atomic mass is 32.2. The number of phenolic OH excluding ortho intramolecular Hbond substituents is 1. The summed E-state index contributed by atoms with van der Waals surface area (Å²) >= 11 is 0. The Balaban J connectivity index is 2.96. The first kappa shape index (κ1) is 14.9. The number of benzene rings is 1. The monoisotopic (exact) mass is 273 g/mol. The van der Waals surface area contributed by atoms with Crippen LogP contribution in [0.2, 0.25) is 0 Å². The molecule has 0 saturated heterocycles. The number of aromatic hydroxyl groups is 1. The van der Waals surface area contributed by atoms with Crippen LogP contribution in [0.5, 0.6) is 5.75 Å². The van der Waals surface area contributed by atoms with Crippen LogP contribution in [0.4, 0.5) is 0 Å². The Morgan fingerprint density at radius 2 is 1.78 bits per heavy atom. The van der Waals surface area contributed by atoms with Gasteiger partial charge in [0.1, 0.15) is 5.75 Å². The van der Waals surface area contributed by atoms with Gasteiger partial charge in [-0.05, 0) is 30.7 Å².